The van der Waals surface area contributed by atoms with Crippen molar-refractivity contribution in [2.45, 2.75) is 43.7 Å². The van der Waals surface area contributed by atoms with Crippen LogP contribution in [0.5, 0.6) is 0 Å². The Kier molecular flexibility index (Phi) is 10.1. The predicted molar refractivity (Wildman–Crippen MR) is 164 cm³/mol. The Morgan fingerprint density at radius 1 is 1.06 bits per heavy atom. The quantitative estimate of drug-likeness (QED) is 0.0746. The lowest BCUT2D eigenvalue weighted by Crippen LogP contribution is -2.36. The fourth-order valence-corrected chi connectivity index (χ4v) is 5.57. The van der Waals surface area contributed by atoms with E-state index in [9.17, 15) is 36.4 Å². The molecule has 0 radical (unpaired) electrons. The van der Waals surface area contributed by atoms with Gasteiger partial charge < -0.3 is 14.7 Å². The van der Waals surface area contributed by atoms with Crippen molar-refractivity contribution in [2.24, 2.45) is 5.28 Å². The highest BCUT2D eigenvalue weighted by Gasteiger charge is 2.36. The van der Waals surface area contributed by atoms with E-state index in [1.54, 1.807) is 47.2 Å². The van der Waals surface area contributed by atoms with Crippen molar-refractivity contribution in [3.63, 3.8) is 0 Å². The van der Waals surface area contributed by atoms with Crippen molar-refractivity contribution in [1.29, 1.82) is 0 Å². The third-order valence-electron chi connectivity index (χ3n) is 7.14. The number of carbonyl (C=O) groups excluding carboxylic acids is 2. The summed E-state index contributed by atoms with van der Waals surface area (Å²) in [5.41, 5.74) is 0.777. The zero-order valence-corrected chi connectivity index (χ0v) is 26.7. The van der Waals surface area contributed by atoms with Gasteiger partial charge in [-0.25, -0.2) is 27.4 Å². The SMILES string of the molecule is Cc1ccc(-c2cc(C(F)(F)F)nn2-c2ccc(S(=O)(=O)NC(=O)OC3CCN([N+]([O-])=NOC(C)OC(=O)c4ccccc4)C3)cc2)cc1. The van der Waals surface area contributed by atoms with Gasteiger partial charge in [0.2, 0.25) is 5.28 Å². The van der Waals surface area contributed by atoms with Gasteiger partial charge in [0.05, 0.1) is 33.4 Å². The fourth-order valence-electron chi connectivity index (χ4n) is 4.69. The molecule has 2 unspecified atom stereocenters. The summed E-state index contributed by atoms with van der Waals surface area (Å²) in [5, 5.41) is 20.5. The van der Waals surface area contributed by atoms with Gasteiger partial charge in [0.15, 0.2) is 5.69 Å². The second-order valence-electron chi connectivity index (χ2n) is 10.8. The minimum absolute atomic E-state index is 0.0781. The Morgan fingerprint density at radius 3 is 2.39 bits per heavy atom. The molecule has 5 rings (SSSR count). The van der Waals surface area contributed by atoms with Gasteiger partial charge in [0.1, 0.15) is 12.6 Å². The number of nitrogens with zero attached hydrogens (tertiary/aromatic N) is 5. The molecule has 1 aromatic heterocycles. The number of sulfonamides is 1. The molecule has 3 aromatic carbocycles. The van der Waals surface area contributed by atoms with E-state index in [0.29, 0.717) is 5.56 Å². The van der Waals surface area contributed by atoms with Crippen molar-refractivity contribution in [2.75, 3.05) is 13.1 Å². The first-order chi connectivity index (χ1) is 23.2. The molecule has 1 aliphatic heterocycles. The van der Waals surface area contributed by atoms with Crippen molar-refractivity contribution in [3.8, 4) is 16.9 Å². The Bertz CT molecular complexity index is 1940. The van der Waals surface area contributed by atoms with Gasteiger partial charge in [0.25, 0.3) is 16.3 Å². The maximum absolute atomic E-state index is 13.5. The van der Waals surface area contributed by atoms with Crippen molar-refractivity contribution < 1.29 is 50.5 Å². The van der Waals surface area contributed by atoms with E-state index in [-0.39, 0.29) is 46.3 Å². The molecule has 1 aliphatic rings. The van der Waals surface area contributed by atoms with Crippen LogP contribution in [0.2, 0.25) is 0 Å². The number of hydrazine groups is 1. The third kappa shape index (κ3) is 8.64. The van der Waals surface area contributed by atoms with Crippen molar-refractivity contribution >= 4 is 22.1 Å². The number of alkyl halides is 3. The molecular weight excluding hydrogens is 673 g/mol. The first kappa shape index (κ1) is 34.7. The van der Waals surface area contributed by atoms with Crippen LogP contribution in [0, 0.1) is 12.1 Å². The number of carbonyl (C=O) groups is 2. The van der Waals surface area contributed by atoms with Crippen LogP contribution in [0.4, 0.5) is 18.0 Å². The average molecular weight is 703 g/mol. The molecule has 49 heavy (non-hydrogen) atoms. The topological polar surface area (TPSA) is 167 Å². The summed E-state index contributed by atoms with van der Waals surface area (Å²) in [4.78, 5) is 29.2. The highest BCUT2D eigenvalue weighted by atomic mass is 32.2. The summed E-state index contributed by atoms with van der Waals surface area (Å²) in [6.07, 6.45) is -7.97. The third-order valence-corrected chi connectivity index (χ3v) is 8.47. The molecule has 0 saturated carbocycles. The molecule has 258 valence electrons. The van der Waals surface area contributed by atoms with Crippen LogP contribution < -0.4 is 4.72 Å². The summed E-state index contributed by atoms with van der Waals surface area (Å²) in [6.45, 7) is 3.12. The molecule has 4 aromatic rings. The zero-order valence-electron chi connectivity index (χ0n) is 25.9. The minimum atomic E-state index is -4.72. The first-order valence-corrected chi connectivity index (χ1v) is 16.1. The molecule has 0 aliphatic carbocycles. The molecule has 18 heteroatoms. The molecule has 0 spiro atoms. The normalized spacial score (nSPS) is 15.8. The van der Waals surface area contributed by atoms with Gasteiger partial charge in [-0.15, -0.1) is 5.01 Å². The van der Waals surface area contributed by atoms with Crippen LogP contribution in [0.1, 0.15) is 35.0 Å². The molecule has 0 bridgehead atoms. The number of aromatic nitrogens is 2. The van der Waals surface area contributed by atoms with Crippen LogP contribution in [0.3, 0.4) is 0 Å². The Balaban J connectivity index is 1.17. The van der Waals surface area contributed by atoms with Crippen molar-refractivity contribution in [3.05, 3.63) is 107 Å². The molecule has 2 heterocycles. The minimum Gasteiger partial charge on any atom is -0.569 e. The molecule has 2 atom stereocenters. The number of ether oxygens (including phenoxy) is 2. The van der Waals surface area contributed by atoms with E-state index in [1.807, 2.05) is 6.92 Å². The number of nitrogens with one attached hydrogen (secondary N) is 1. The highest BCUT2D eigenvalue weighted by molar-refractivity contribution is 7.90. The number of hydrogen-bond donors (Lipinski definition) is 1. The van der Waals surface area contributed by atoms with Gasteiger partial charge in [-0.3, -0.25) is 4.84 Å². The van der Waals surface area contributed by atoms with Gasteiger partial charge in [-0.05, 0) is 49.4 Å². The lowest BCUT2D eigenvalue weighted by molar-refractivity contribution is -0.709. The van der Waals surface area contributed by atoms with Gasteiger partial charge >= 0.3 is 18.2 Å². The summed E-state index contributed by atoms with van der Waals surface area (Å²) < 4.78 is 79.4. The van der Waals surface area contributed by atoms with Crippen LogP contribution in [-0.2, 0) is 30.5 Å². The standard InChI is InChI=1S/C31H29F3N6O8S/c1-20-8-10-22(11-9-20)27-18-28(31(32,33)34)35-39(27)24-12-14-26(15-13-24)49(44,45)36-30(42)47-25-16-17-38(19-25)40(43)37-48-21(2)46-29(41)23-6-4-3-5-7-23/h3-15,18,21,25H,16-17,19H2,1-2H3,(H,36,42). The lowest BCUT2D eigenvalue weighted by atomic mass is 10.1. The maximum atomic E-state index is 13.5. The lowest BCUT2D eigenvalue weighted by Gasteiger charge is -2.15. The zero-order chi connectivity index (χ0) is 35.3. The van der Waals surface area contributed by atoms with Crippen molar-refractivity contribution in [1.82, 2.24) is 19.5 Å². The molecule has 1 N–H and O–H groups in total. The average Bonchev–Trinajstić information content (AvgIpc) is 3.72. The monoisotopic (exact) mass is 702 g/mol. The van der Waals surface area contributed by atoms with Gasteiger partial charge in [-0.1, -0.05) is 48.0 Å². The predicted octanol–water partition coefficient (Wildman–Crippen LogP) is 5.37. The largest absolute Gasteiger partial charge is 0.569 e. The smallest absolute Gasteiger partial charge is 0.435 e. The van der Waals surface area contributed by atoms with Crippen LogP contribution in [0.25, 0.3) is 16.9 Å². The second kappa shape index (κ2) is 14.2. The van der Waals surface area contributed by atoms with Crippen LogP contribution in [0.15, 0.2) is 95.1 Å². The molecular formula is C31H29F3N6O8S. The Morgan fingerprint density at radius 2 is 1.73 bits per heavy atom. The summed E-state index contributed by atoms with van der Waals surface area (Å²) in [7, 11) is -4.46. The number of hydrogen-bond acceptors (Lipinski definition) is 10. The molecule has 14 nitrogen and oxygen atoms in total. The Labute approximate surface area is 277 Å². The summed E-state index contributed by atoms with van der Waals surface area (Å²) >= 11 is 0. The van der Waals surface area contributed by atoms with Gasteiger partial charge in [0, 0.05) is 18.9 Å². The van der Waals surface area contributed by atoms with Gasteiger partial charge in [-0.2, -0.15) is 18.3 Å². The second-order valence-corrected chi connectivity index (χ2v) is 12.5. The number of benzene rings is 3. The summed E-state index contributed by atoms with van der Waals surface area (Å²) in [5.74, 6) is -0.683. The number of rotatable bonds is 10. The highest BCUT2D eigenvalue weighted by Crippen LogP contribution is 2.33. The number of esters is 1. The summed E-state index contributed by atoms with van der Waals surface area (Å²) in [6, 6.07) is 20.5. The maximum Gasteiger partial charge on any atom is 0.435 e. The molecule has 1 amide bonds. The fraction of sp³-hybridized carbons (Fsp3) is 0.258. The Hall–Kier alpha value is -5.65. The number of halogens is 3. The van der Waals surface area contributed by atoms with E-state index in [2.05, 4.69) is 10.4 Å². The number of amides is 1. The van der Waals surface area contributed by atoms with E-state index in [4.69, 9.17) is 14.3 Å². The van der Waals surface area contributed by atoms with Crippen LogP contribution >= 0.6 is 0 Å². The van der Waals surface area contributed by atoms with E-state index < -0.39 is 46.4 Å². The first-order valence-electron chi connectivity index (χ1n) is 14.6. The van der Waals surface area contributed by atoms with Crippen LogP contribution in [-0.4, -0.2) is 65.7 Å². The van der Waals surface area contributed by atoms with E-state index in [0.717, 1.165) is 33.5 Å². The van der Waals surface area contributed by atoms with E-state index >= 15 is 0 Å². The molecule has 1 saturated heterocycles. The number of aryl methyl sites for hydroxylation is 1. The van der Waals surface area contributed by atoms with E-state index in [1.165, 1.54) is 31.2 Å². The molecule has 1 fully saturated rings.